The molecule has 14 rings (SSSR count). The highest BCUT2D eigenvalue weighted by atomic mass is 16.3. The smallest absolute Gasteiger partial charge is 0.136 e. The first-order chi connectivity index (χ1) is 35.2. The van der Waals surface area contributed by atoms with E-state index in [2.05, 4.69) is 270 Å². The third-order valence-electron chi connectivity index (χ3n) is 14.4. The predicted octanol–water partition coefficient (Wildman–Crippen LogP) is 19.1. The largest absolute Gasteiger partial charge is 0.456 e. The quantitative estimate of drug-likeness (QED) is 0.142. The van der Waals surface area contributed by atoms with Crippen LogP contribution in [-0.2, 0) is 0 Å². The second-order valence-electron chi connectivity index (χ2n) is 18.4. The summed E-state index contributed by atoms with van der Waals surface area (Å²) >= 11 is 0. The summed E-state index contributed by atoms with van der Waals surface area (Å²) in [4.78, 5) is 2.44. The normalized spacial score (nSPS) is 11.7. The summed E-state index contributed by atoms with van der Waals surface area (Å²) in [5.41, 5.74) is 17.8. The summed E-state index contributed by atoms with van der Waals surface area (Å²) < 4.78 is 8.83. The number of aromatic nitrogens is 1. The Morgan fingerprint density at radius 3 is 1.58 bits per heavy atom. The topological polar surface area (TPSA) is 21.3 Å². The third kappa shape index (κ3) is 6.82. The minimum atomic E-state index is 0.875. The highest BCUT2D eigenvalue weighted by Gasteiger charge is 2.23. The van der Waals surface area contributed by atoms with Crippen LogP contribution in [-0.4, -0.2) is 4.57 Å². The number of furan rings is 1. The van der Waals surface area contributed by atoms with Gasteiger partial charge in [-0.25, -0.2) is 0 Å². The molecule has 0 unspecified atom stereocenters. The Morgan fingerprint density at radius 1 is 0.296 bits per heavy atom. The molecule has 0 aliphatic rings. The molecule has 0 saturated heterocycles. The van der Waals surface area contributed by atoms with Gasteiger partial charge in [-0.2, -0.15) is 0 Å². The first-order valence-corrected chi connectivity index (χ1v) is 24.3. The molecule has 2 heterocycles. The maximum Gasteiger partial charge on any atom is 0.136 e. The Labute approximate surface area is 411 Å². The molecule has 0 aliphatic heterocycles. The number of fused-ring (bicyclic) bond motifs is 9. The molecule has 2 aromatic heterocycles. The standard InChI is InChI=1S/C68H44N2O/c1-2-18-54-48(15-1)35-36-50-43-51(39-42-55(50)54)56-19-3-8-25-62(56)69(65-28-11-6-22-59(65)60-24-14-30-67-68(60)61-23-7-12-29-66(61)71-67)52-40-37-46(38-41-52)45-31-33-47(34-32-45)49-16-13-17-53(44-49)70-63-26-9-4-20-57(63)58-21-5-10-27-64(58)70/h1-44H. The van der Waals surface area contributed by atoms with Gasteiger partial charge in [0.2, 0.25) is 0 Å². The lowest BCUT2D eigenvalue weighted by molar-refractivity contribution is 0.669. The summed E-state index contributed by atoms with van der Waals surface area (Å²) in [7, 11) is 0. The lowest BCUT2D eigenvalue weighted by atomic mass is 9.94. The van der Waals surface area contributed by atoms with Crippen molar-refractivity contribution in [3.8, 4) is 50.2 Å². The maximum atomic E-state index is 6.44. The fraction of sp³-hybridized carbons (Fsp3) is 0. The number of benzene rings is 12. The van der Waals surface area contributed by atoms with E-state index >= 15 is 0 Å². The number of hydrogen-bond donors (Lipinski definition) is 0. The molecule has 0 radical (unpaired) electrons. The zero-order valence-electron chi connectivity index (χ0n) is 38.7. The van der Waals surface area contributed by atoms with Gasteiger partial charge in [-0.15, -0.1) is 0 Å². The molecule has 0 amide bonds. The highest BCUT2D eigenvalue weighted by Crippen LogP contribution is 2.48. The Hall–Kier alpha value is -9.44. The summed E-state index contributed by atoms with van der Waals surface area (Å²) in [6.07, 6.45) is 0. The Morgan fingerprint density at radius 2 is 0.817 bits per heavy atom. The number of para-hydroxylation sites is 5. The highest BCUT2D eigenvalue weighted by molar-refractivity contribution is 6.14. The first kappa shape index (κ1) is 40.6. The summed E-state index contributed by atoms with van der Waals surface area (Å²) in [6, 6.07) is 96.7. The van der Waals surface area contributed by atoms with E-state index in [1.54, 1.807) is 0 Å². The van der Waals surface area contributed by atoms with Gasteiger partial charge < -0.3 is 13.9 Å². The van der Waals surface area contributed by atoms with Crippen LogP contribution in [0.2, 0.25) is 0 Å². The number of hydrogen-bond acceptors (Lipinski definition) is 2. The lowest BCUT2D eigenvalue weighted by Crippen LogP contribution is -2.12. The summed E-state index contributed by atoms with van der Waals surface area (Å²) in [5, 5.41) is 9.73. The molecule has 71 heavy (non-hydrogen) atoms. The number of anilines is 3. The molecule has 0 aliphatic carbocycles. The van der Waals surface area contributed by atoms with Crippen LogP contribution in [0, 0.1) is 0 Å². The van der Waals surface area contributed by atoms with E-state index in [1.807, 2.05) is 6.07 Å². The van der Waals surface area contributed by atoms with Crippen LogP contribution in [0.25, 0.3) is 115 Å². The molecule has 12 aromatic carbocycles. The molecule has 332 valence electrons. The molecule has 0 N–H and O–H groups in total. The predicted molar refractivity (Wildman–Crippen MR) is 299 cm³/mol. The van der Waals surface area contributed by atoms with Crippen LogP contribution in [0.1, 0.15) is 0 Å². The van der Waals surface area contributed by atoms with Crippen molar-refractivity contribution in [3.05, 3.63) is 267 Å². The zero-order valence-corrected chi connectivity index (χ0v) is 38.7. The van der Waals surface area contributed by atoms with Crippen LogP contribution < -0.4 is 4.90 Å². The average Bonchev–Trinajstić information content (AvgIpc) is 4.00. The fourth-order valence-corrected chi connectivity index (χ4v) is 11.1. The van der Waals surface area contributed by atoms with E-state index in [0.29, 0.717) is 0 Å². The molecule has 3 nitrogen and oxygen atoms in total. The Balaban J connectivity index is 0.871. The minimum absolute atomic E-state index is 0.875. The van der Waals surface area contributed by atoms with E-state index in [9.17, 15) is 0 Å². The van der Waals surface area contributed by atoms with E-state index in [1.165, 1.54) is 54.5 Å². The van der Waals surface area contributed by atoms with Gasteiger partial charge in [-0.3, -0.25) is 0 Å². The number of nitrogens with zero attached hydrogens (tertiary/aromatic N) is 2. The minimum Gasteiger partial charge on any atom is -0.456 e. The molecular weight excluding hydrogens is 861 g/mol. The van der Waals surface area contributed by atoms with E-state index in [-0.39, 0.29) is 0 Å². The van der Waals surface area contributed by atoms with E-state index in [0.717, 1.165) is 78.1 Å². The first-order valence-electron chi connectivity index (χ1n) is 24.3. The van der Waals surface area contributed by atoms with Gasteiger partial charge in [-0.1, -0.05) is 200 Å². The Bertz CT molecular complexity index is 4290. The molecule has 0 saturated carbocycles. The molecule has 0 spiro atoms. The van der Waals surface area contributed by atoms with Crippen LogP contribution >= 0.6 is 0 Å². The van der Waals surface area contributed by atoms with Crippen LogP contribution in [0.3, 0.4) is 0 Å². The molecule has 0 fully saturated rings. The van der Waals surface area contributed by atoms with Crippen molar-refractivity contribution in [2.75, 3.05) is 4.90 Å². The number of rotatable bonds is 8. The second kappa shape index (κ2) is 16.7. The van der Waals surface area contributed by atoms with Gasteiger partial charge in [0.1, 0.15) is 11.2 Å². The zero-order chi connectivity index (χ0) is 46.8. The molecule has 0 atom stereocenters. The van der Waals surface area contributed by atoms with Gasteiger partial charge in [0.05, 0.1) is 22.4 Å². The van der Waals surface area contributed by atoms with Crippen LogP contribution in [0.15, 0.2) is 271 Å². The SMILES string of the molecule is c1cc(-c2ccc(-c3ccc(N(c4ccccc4-c4ccc5c(ccc6ccccc65)c4)c4ccccc4-c4cccc5oc6ccccc6c45)cc3)cc2)cc(-n2c3ccccc3c3ccccc32)c1. The van der Waals surface area contributed by atoms with Crippen molar-refractivity contribution in [3.63, 3.8) is 0 Å². The van der Waals surface area contributed by atoms with E-state index < -0.39 is 0 Å². The lowest BCUT2D eigenvalue weighted by Gasteiger charge is -2.30. The summed E-state index contributed by atoms with van der Waals surface area (Å²) in [5.74, 6) is 0. The van der Waals surface area contributed by atoms with Gasteiger partial charge in [-0.05, 0) is 122 Å². The van der Waals surface area contributed by atoms with Gasteiger partial charge >= 0.3 is 0 Å². The van der Waals surface area contributed by atoms with Gasteiger partial charge in [0, 0.05) is 44.0 Å². The maximum absolute atomic E-state index is 6.44. The fourth-order valence-electron chi connectivity index (χ4n) is 11.1. The molecule has 0 bridgehead atoms. The summed E-state index contributed by atoms with van der Waals surface area (Å²) in [6.45, 7) is 0. The van der Waals surface area contributed by atoms with Crippen molar-refractivity contribution >= 4 is 82.4 Å². The van der Waals surface area contributed by atoms with Crippen LogP contribution in [0.5, 0.6) is 0 Å². The monoisotopic (exact) mass is 904 g/mol. The molecular formula is C68H44N2O. The van der Waals surface area contributed by atoms with Crippen LogP contribution in [0.4, 0.5) is 17.1 Å². The Kier molecular flexibility index (Phi) is 9.53. The van der Waals surface area contributed by atoms with Crippen molar-refractivity contribution in [2.45, 2.75) is 0 Å². The van der Waals surface area contributed by atoms with Gasteiger partial charge in [0.15, 0.2) is 0 Å². The van der Waals surface area contributed by atoms with Crippen molar-refractivity contribution in [1.29, 1.82) is 0 Å². The van der Waals surface area contributed by atoms with Crippen molar-refractivity contribution < 1.29 is 4.42 Å². The third-order valence-corrected chi connectivity index (χ3v) is 14.4. The molecule has 3 heteroatoms. The van der Waals surface area contributed by atoms with Gasteiger partial charge in [0.25, 0.3) is 0 Å². The van der Waals surface area contributed by atoms with Crippen molar-refractivity contribution in [1.82, 2.24) is 4.57 Å². The second-order valence-corrected chi connectivity index (χ2v) is 18.4. The average molecular weight is 905 g/mol. The van der Waals surface area contributed by atoms with Crippen molar-refractivity contribution in [2.24, 2.45) is 0 Å². The molecule has 14 aromatic rings. The van der Waals surface area contributed by atoms with E-state index in [4.69, 9.17) is 4.42 Å².